The van der Waals surface area contributed by atoms with Gasteiger partial charge in [-0.05, 0) is 32.0 Å². The monoisotopic (exact) mass is 237 g/mol. The molecule has 5 nitrogen and oxygen atoms in total. The predicted molar refractivity (Wildman–Crippen MR) is 62.3 cm³/mol. The Kier molecular flexibility index (Phi) is 4.51. The van der Waals surface area contributed by atoms with Gasteiger partial charge in [0.25, 0.3) is 5.91 Å². The average molecular weight is 237 g/mol. The third kappa shape index (κ3) is 4.14. The second-order valence-corrected chi connectivity index (χ2v) is 3.75. The number of benzene rings is 1. The molecule has 2 N–H and O–H groups in total. The molecule has 1 amide bonds. The highest BCUT2D eigenvalue weighted by Gasteiger charge is 2.09. The number of primary amides is 1. The molecule has 0 saturated heterocycles. The number of carbonyl (C=O) groups excluding carboxylic acids is 2. The zero-order chi connectivity index (χ0) is 12.8. The predicted octanol–water partition coefficient (Wildman–Crippen LogP) is 1.15. The van der Waals surface area contributed by atoms with E-state index in [9.17, 15) is 9.59 Å². The summed E-state index contributed by atoms with van der Waals surface area (Å²) in [5, 5.41) is 0. The minimum atomic E-state index is -0.586. The van der Waals surface area contributed by atoms with Gasteiger partial charge in [0.05, 0.1) is 6.10 Å². The van der Waals surface area contributed by atoms with E-state index in [1.807, 2.05) is 13.8 Å². The van der Waals surface area contributed by atoms with E-state index in [0.717, 1.165) is 0 Å². The summed E-state index contributed by atoms with van der Waals surface area (Å²) in [7, 11) is 0. The van der Waals surface area contributed by atoms with E-state index in [4.69, 9.17) is 15.2 Å². The van der Waals surface area contributed by atoms with Gasteiger partial charge in [-0.2, -0.15) is 0 Å². The first-order valence-electron chi connectivity index (χ1n) is 5.20. The third-order valence-electron chi connectivity index (χ3n) is 1.84. The molecule has 0 spiro atoms. The Hall–Kier alpha value is -2.04. The number of carbonyl (C=O) groups is 2. The molecule has 0 bridgehead atoms. The van der Waals surface area contributed by atoms with Crippen molar-refractivity contribution < 1.29 is 19.1 Å². The summed E-state index contributed by atoms with van der Waals surface area (Å²) in [6.45, 7) is 3.48. The van der Waals surface area contributed by atoms with Crippen molar-refractivity contribution in [3.8, 4) is 11.5 Å². The summed E-state index contributed by atoms with van der Waals surface area (Å²) in [4.78, 5) is 21.3. The van der Waals surface area contributed by atoms with Gasteiger partial charge in [-0.15, -0.1) is 0 Å². The van der Waals surface area contributed by atoms with Crippen LogP contribution in [0.15, 0.2) is 18.2 Å². The molecule has 92 valence electrons. The smallest absolute Gasteiger partial charge is 0.255 e. The maximum absolute atomic E-state index is 10.6. The fourth-order valence-electron chi connectivity index (χ4n) is 1.21. The van der Waals surface area contributed by atoms with Gasteiger partial charge in [-0.25, -0.2) is 0 Å². The van der Waals surface area contributed by atoms with Crippen molar-refractivity contribution >= 4 is 12.2 Å². The maximum atomic E-state index is 10.6. The van der Waals surface area contributed by atoms with E-state index in [2.05, 4.69) is 0 Å². The van der Waals surface area contributed by atoms with Crippen LogP contribution in [0.5, 0.6) is 11.5 Å². The van der Waals surface area contributed by atoms with E-state index < -0.39 is 5.91 Å². The van der Waals surface area contributed by atoms with E-state index in [-0.39, 0.29) is 12.7 Å². The van der Waals surface area contributed by atoms with Crippen LogP contribution in [0.4, 0.5) is 0 Å². The quantitative estimate of drug-likeness (QED) is 0.753. The Morgan fingerprint density at radius 1 is 1.41 bits per heavy atom. The minimum absolute atomic E-state index is 0.0343. The van der Waals surface area contributed by atoms with Crippen LogP contribution in [-0.2, 0) is 4.79 Å². The molecule has 1 aromatic carbocycles. The molecule has 0 fully saturated rings. The van der Waals surface area contributed by atoms with Gasteiger partial charge in [0.2, 0.25) is 0 Å². The highest BCUT2D eigenvalue weighted by atomic mass is 16.5. The van der Waals surface area contributed by atoms with Gasteiger partial charge in [-0.3, -0.25) is 9.59 Å². The summed E-state index contributed by atoms with van der Waals surface area (Å²) in [6, 6.07) is 4.75. The molecule has 5 heteroatoms. The summed E-state index contributed by atoms with van der Waals surface area (Å²) in [5.41, 5.74) is 5.43. The van der Waals surface area contributed by atoms with Gasteiger partial charge in [0.1, 0.15) is 6.29 Å². The summed E-state index contributed by atoms with van der Waals surface area (Å²) < 4.78 is 10.7. The Morgan fingerprint density at radius 3 is 2.65 bits per heavy atom. The molecule has 0 aliphatic rings. The largest absolute Gasteiger partial charge is 0.487 e. The molecule has 0 heterocycles. The molecular formula is C12H15NO4. The van der Waals surface area contributed by atoms with Crippen LogP contribution in [0.3, 0.4) is 0 Å². The van der Waals surface area contributed by atoms with Crippen LogP contribution in [-0.4, -0.2) is 24.9 Å². The molecular weight excluding hydrogens is 222 g/mol. The number of aldehydes is 1. The van der Waals surface area contributed by atoms with Crippen LogP contribution in [0.2, 0.25) is 0 Å². The van der Waals surface area contributed by atoms with E-state index in [0.29, 0.717) is 23.3 Å². The normalized spacial score (nSPS) is 10.1. The summed E-state index contributed by atoms with van der Waals surface area (Å²) >= 11 is 0. The number of rotatable bonds is 6. The maximum Gasteiger partial charge on any atom is 0.255 e. The first-order chi connectivity index (χ1) is 8.02. The Morgan fingerprint density at radius 2 is 2.12 bits per heavy atom. The lowest BCUT2D eigenvalue weighted by Crippen LogP contribution is -2.20. The number of hydrogen-bond donors (Lipinski definition) is 1. The molecule has 0 unspecified atom stereocenters. The zero-order valence-electron chi connectivity index (χ0n) is 9.80. The second-order valence-electron chi connectivity index (χ2n) is 3.75. The van der Waals surface area contributed by atoms with E-state index in [1.54, 1.807) is 12.1 Å². The van der Waals surface area contributed by atoms with Crippen LogP contribution in [0.25, 0.3) is 0 Å². The van der Waals surface area contributed by atoms with Crippen molar-refractivity contribution in [3.63, 3.8) is 0 Å². The fraction of sp³-hybridized carbons (Fsp3) is 0.333. The molecule has 0 aliphatic carbocycles. The lowest BCUT2D eigenvalue weighted by atomic mass is 10.2. The Bertz CT molecular complexity index is 415. The highest BCUT2D eigenvalue weighted by Crippen LogP contribution is 2.28. The van der Waals surface area contributed by atoms with Crippen molar-refractivity contribution in [2.75, 3.05) is 6.61 Å². The van der Waals surface area contributed by atoms with Crippen molar-refractivity contribution in [1.82, 2.24) is 0 Å². The molecule has 1 aromatic rings. The standard InChI is InChI=1S/C12H15NO4/c1-8(2)17-10-4-3-9(6-14)5-11(10)16-7-12(13)15/h3-6,8H,7H2,1-2H3,(H2,13,15). The molecule has 1 rings (SSSR count). The van der Waals surface area contributed by atoms with Crippen molar-refractivity contribution in [3.05, 3.63) is 23.8 Å². The molecule has 0 atom stereocenters. The third-order valence-corrected chi connectivity index (χ3v) is 1.84. The first kappa shape index (κ1) is 13.0. The fourth-order valence-corrected chi connectivity index (χ4v) is 1.21. The first-order valence-corrected chi connectivity index (χ1v) is 5.20. The molecule has 0 radical (unpaired) electrons. The van der Waals surface area contributed by atoms with Crippen LogP contribution in [0.1, 0.15) is 24.2 Å². The average Bonchev–Trinajstić information content (AvgIpc) is 2.27. The molecule has 0 saturated carbocycles. The summed E-state index contributed by atoms with van der Waals surface area (Å²) in [6.07, 6.45) is 0.657. The lowest BCUT2D eigenvalue weighted by molar-refractivity contribution is -0.119. The van der Waals surface area contributed by atoms with Crippen LogP contribution in [0, 0.1) is 0 Å². The van der Waals surface area contributed by atoms with Gasteiger partial charge in [-0.1, -0.05) is 0 Å². The number of nitrogens with two attached hydrogens (primary N) is 1. The van der Waals surface area contributed by atoms with Gasteiger partial charge >= 0.3 is 0 Å². The van der Waals surface area contributed by atoms with Crippen molar-refractivity contribution in [2.45, 2.75) is 20.0 Å². The second kappa shape index (κ2) is 5.89. The topological polar surface area (TPSA) is 78.6 Å². The van der Waals surface area contributed by atoms with Crippen molar-refractivity contribution in [2.24, 2.45) is 5.73 Å². The molecule has 0 aromatic heterocycles. The SMILES string of the molecule is CC(C)Oc1ccc(C=O)cc1OCC(N)=O. The van der Waals surface area contributed by atoms with Crippen molar-refractivity contribution in [1.29, 1.82) is 0 Å². The Balaban J connectivity index is 2.93. The van der Waals surface area contributed by atoms with E-state index in [1.165, 1.54) is 6.07 Å². The van der Waals surface area contributed by atoms with Crippen LogP contribution < -0.4 is 15.2 Å². The number of amides is 1. The molecule has 0 aliphatic heterocycles. The van der Waals surface area contributed by atoms with E-state index >= 15 is 0 Å². The molecule has 17 heavy (non-hydrogen) atoms. The lowest BCUT2D eigenvalue weighted by Gasteiger charge is -2.14. The zero-order valence-corrected chi connectivity index (χ0v) is 9.80. The number of hydrogen-bond acceptors (Lipinski definition) is 4. The highest BCUT2D eigenvalue weighted by molar-refractivity contribution is 5.77. The summed E-state index contributed by atoms with van der Waals surface area (Å²) in [5.74, 6) is 0.228. The Labute approximate surface area is 99.5 Å². The van der Waals surface area contributed by atoms with Gasteiger partial charge < -0.3 is 15.2 Å². The van der Waals surface area contributed by atoms with Gasteiger partial charge in [0, 0.05) is 5.56 Å². The van der Waals surface area contributed by atoms with Gasteiger partial charge in [0.15, 0.2) is 18.1 Å². The minimum Gasteiger partial charge on any atom is -0.487 e. The van der Waals surface area contributed by atoms with Crippen LogP contribution >= 0.6 is 0 Å². The number of ether oxygens (including phenoxy) is 2.